The molecule has 6 atom stereocenters. The molecule has 4 N–H and O–H groups in total. The van der Waals surface area contributed by atoms with Crippen molar-refractivity contribution in [1.82, 2.24) is 9.80 Å². The first-order valence-corrected chi connectivity index (χ1v) is 13.7. The highest BCUT2D eigenvalue weighted by Crippen LogP contribution is 2.52. The lowest BCUT2D eigenvalue weighted by Gasteiger charge is -2.52. The molecule has 5 rings (SSSR count). The monoisotopic (exact) mass is 559 g/mol. The number of phenolic OH excluding ortho intramolecular Hbond substituents is 1. The van der Waals surface area contributed by atoms with E-state index in [2.05, 4.69) is 18.7 Å². The van der Waals surface area contributed by atoms with Crippen molar-refractivity contribution in [1.29, 1.82) is 0 Å². The van der Waals surface area contributed by atoms with E-state index in [0.29, 0.717) is 22.7 Å². The number of Topliss-reactive ketones (excluding diaryl/α,β-unsaturated/α-hetero) is 4. The minimum Gasteiger partial charge on any atom is -0.507 e. The fourth-order valence-electron chi connectivity index (χ4n) is 7.21. The molecule has 0 spiro atoms. The number of aromatic hydroxyl groups is 1. The predicted octanol–water partition coefficient (Wildman–Crippen LogP) is 0.895. The number of primary amides is 1. The van der Waals surface area contributed by atoms with Crippen LogP contribution in [-0.4, -0.2) is 86.9 Å². The summed E-state index contributed by atoms with van der Waals surface area (Å²) in [5.74, 6) is -10.7. The molecule has 1 amide bonds. The lowest BCUT2D eigenvalue weighted by molar-refractivity contribution is -0.181. The molecule has 4 aliphatic rings. The van der Waals surface area contributed by atoms with Crippen LogP contribution in [0.4, 0.5) is 0 Å². The normalized spacial score (nSPS) is 33.2. The van der Waals surface area contributed by atoms with Crippen molar-refractivity contribution in [3.63, 3.8) is 0 Å². The highest BCUT2D eigenvalue weighted by molar-refractivity contribution is 6.34. The van der Waals surface area contributed by atoms with Gasteiger partial charge >= 0.3 is 0 Å². The van der Waals surface area contributed by atoms with E-state index in [-0.39, 0.29) is 29.7 Å². The summed E-state index contributed by atoms with van der Waals surface area (Å²) >= 11 is 6.86. The third-order valence-corrected chi connectivity index (χ3v) is 10.0. The molecule has 3 saturated carbocycles. The Hall–Kier alpha value is -2.66. The molecule has 0 radical (unpaired) electrons. The molecular weight excluding hydrogens is 526 g/mol. The molecule has 0 heterocycles. The number of carbonyl (C=O) groups is 5. The number of likely N-dealkylation sites (N-methyl/N-ethyl adjacent to an activating group) is 1. The molecule has 4 aliphatic carbocycles. The summed E-state index contributed by atoms with van der Waals surface area (Å²) in [4.78, 5) is 70.0. The van der Waals surface area contributed by atoms with E-state index in [1.54, 1.807) is 14.1 Å². The SMILES string of the molecule is CCN(Cc1cc(O)c2c(c1Cl)C[C@H]1C[C@H]3[C@H](N(C)C)C(=O)C(C(N)=O)C(=O)[C@@]3(O)C(=O)C1C2=O)C1(C)CC1. The van der Waals surface area contributed by atoms with Gasteiger partial charge in [0.25, 0.3) is 0 Å². The van der Waals surface area contributed by atoms with Gasteiger partial charge in [0.05, 0.1) is 17.5 Å². The van der Waals surface area contributed by atoms with E-state index in [1.165, 1.54) is 11.0 Å². The second kappa shape index (κ2) is 9.19. The summed E-state index contributed by atoms with van der Waals surface area (Å²) in [5.41, 5.74) is 3.68. The number of hydrogen-bond acceptors (Lipinski definition) is 9. The van der Waals surface area contributed by atoms with Gasteiger partial charge in [0.15, 0.2) is 34.7 Å². The zero-order valence-corrected chi connectivity index (χ0v) is 23.2. The van der Waals surface area contributed by atoms with Gasteiger partial charge in [-0.05, 0) is 76.4 Å². The van der Waals surface area contributed by atoms with Crippen LogP contribution in [0.5, 0.6) is 5.75 Å². The van der Waals surface area contributed by atoms with Crippen LogP contribution in [0.3, 0.4) is 0 Å². The molecule has 39 heavy (non-hydrogen) atoms. The quantitative estimate of drug-likeness (QED) is 0.430. The minimum atomic E-state index is -2.74. The largest absolute Gasteiger partial charge is 0.507 e. The van der Waals surface area contributed by atoms with Crippen LogP contribution in [0, 0.1) is 23.7 Å². The van der Waals surface area contributed by atoms with E-state index in [9.17, 15) is 34.2 Å². The molecule has 3 fully saturated rings. The fourth-order valence-corrected chi connectivity index (χ4v) is 7.50. The molecule has 10 nitrogen and oxygen atoms in total. The maximum Gasteiger partial charge on any atom is 0.235 e. The van der Waals surface area contributed by atoms with Crippen molar-refractivity contribution in [3.05, 3.63) is 27.8 Å². The Morgan fingerprint density at radius 2 is 1.82 bits per heavy atom. The molecule has 0 saturated heterocycles. The zero-order chi connectivity index (χ0) is 28.8. The van der Waals surface area contributed by atoms with Gasteiger partial charge in [-0.25, -0.2) is 0 Å². The molecule has 1 aromatic rings. The standard InChI is InChI=1S/C28H34ClN3O7/c1-5-32(27(2)6-7-27)11-13-10-16(33)18-14(20(13)29)8-12-9-15-21(31(3)4)23(35)19(26(30)38)25(37)28(15,39)24(36)17(12)22(18)34/h10,12,15,17,19,21,33,39H,5-9,11H2,1-4H3,(H2,30,38)/t12-,15-,17?,19?,21-,28-/m0/s1. The van der Waals surface area contributed by atoms with Gasteiger partial charge in [-0.15, -0.1) is 0 Å². The Kier molecular flexibility index (Phi) is 6.57. The molecule has 1 aromatic carbocycles. The number of aliphatic hydroxyl groups is 1. The van der Waals surface area contributed by atoms with Gasteiger partial charge in [-0.1, -0.05) is 18.5 Å². The van der Waals surface area contributed by atoms with Crippen molar-refractivity contribution in [2.75, 3.05) is 20.6 Å². The summed E-state index contributed by atoms with van der Waals surface area (Å²) < 4.78 is 0. The number of phenols is 1. The first-order chi connectivity index (χ1) is 18.2. The Morgan fingerprint density at radius 3 is 2.36 bits per heavy atom. The molecule has 0 aliphatic heterocycles. The van der Waals surface area contributed by atoms with Crippen LogP contribution in [0.15, 0.2) is 6.07 Å². The number of nitrogens with zero attached hydrogens (tertiary/aromatic N) is 2. The van der Waals surface area contributed by atoms with Crippen molar-refractivity contribution in [2.24, 2.45) is 29.4 Å². The van der Waals surface area contributed by atoms with Gasteiger partial charge in [0.2, 0.25) is 5.91 Å². The smallest absolute Gasteiger partial charge is 0.235 e. The molecule has 2 unspecified atom stereocenters. The number of ketones is 4. The second-order valence-corrected chi connectivity index (χ2v) is 12.4. The molecule has 210 valence electrons. The van der Waals surface area contributed by atoms with Crippen LogP contribution < -0.4 is 5.73 Å². The molecule has 0 aromatic heterocycles. The van der Waals surface area contributed by atoms with Crippen LogP contribution in [-0.2, 0) is 32.1 Å². The van der Waals surface area contributed by atoms with E-state index in [1.807, 2.05) is 0 Å². The lowest BCUT2D eigenvalue weighted by atomic mass is 9.52. The number of rotatable bonds is 6. The number of benzene rings is 1. The van der Waals surface area contributed by atoms with Crippen molar-refractivity contribution in [2.45, 2.75) is 63.3 Å². The van der Waals surface area contributed by atoms with Crippen LogP contribution >= 0.6 is 11.6 Å². The third kappa shape index (κ3) is 3.90. The number of amides is 1. The number of fused-ring (bicyclic) bond motifs is 3. The average molecular weight is 560 g/mol. The Morgan fingerprint density at radius 1 is 1.18 bits per heavy atom. The number of carbonyl (C=O) groups excluding carboxylic acids is 5. The highest BCUT2D eigenvalue weighted by atomic mass is 35.5. The fraction of sp³-hybridized carbons (Fsp3) is 0.607. The first-order valence-electron chi connectivity index (χ1n) is 13.3. The Bertz CT molecular complexity index is 1320. The van der Waals surface area contributed by atoms with Gasteiger partial charge < -0.3 is 15.9 Å². The van der Waals surface area contributed by atoms with Crippen LogP contribution in [0.2, 0.25) is 5.02 Å². The average Bonchev–Trinajstić information content (AvgIpc) is 3.60. The van der Waals surface area contributed by atoms with Gasteiger partial charge in [0, 0.05) is 23.0 Å². The van der Waals surface area contributed by atoms with Crippen LogP contribution in [0.1, 0.15) is 54.6 Å². The summed E-state index contributed by atoms with van der Waals surface area (Å²) in [6, 6.07) is 0.313. The molecule has 0 bridgehead atoms. The second-order valence-electron chi connectivity index (χ2n) is 12.0. The van der Waals surface area contributed by atoms with Gasteiger partial charge in [-0.2, -0.15) is 0 Å². The molecule has 11 heteroatoms. The maximum absolute atomic E-state index is 13.9. The van der Waals surface area contributed by atoms with Crippen molar-refractivity contribution < 1.29 is 34.2 Å². The number of halogens is 1. The van der Waals surface area contributed by atoms with E-state index in [0.717, 1.165) is 19.4 Å². The van der Waals surface area contributed by atoms with E-state index >= 15 is 0 Å². The van der Waals surface area contributed by atoms with E-state index < -0.39 is 64.4 Å². The Balaban J connectivity index is 1.58. The maximum atomic E-state index is 13.9. The topological polar surface area (TPSA) is 158 Å². The predicted molar refractivity (Wildman–Crippen MR) is 140 cm³/mol. The molecular formula is C28H34ClN3O7. The van der Waals surface area contributed by atoms with E-state index in [4.69, 9.17) is 17.3 Å². The summed E-state index contributed by atoms with van der Waals surface area (Å²) in [7, 11) is 3.10. The highest BCUT2D eigenvalue weighted by Gasteiger charge is 2.69. The van der Waals surface area contributed by atoms with Crippen LogP contribution in [0.25, 0.3) is 0 Å². The third-order valence-electron chi connectivity index (χ3n) is 9.55. The van der Waals surface area contributed by atoms with Crippen molar-refractivity contribution in [3.8, 4) is 5.75 Å². The first kappa shape index (κ1) is 27.9. The number of nitrogens with two attached hydrogens (primary N) is 1. The minimum absolute atomic E-state index is 0.00955. The zero-order valence-electron chi connectivity index (χ0n) is 22.5. The Labute approximate surface area is 231 Å². The summed E-state index contributed by atoms with van der Waals surface area (Å²) in [6.45, 7) is 5.48. The van der Waals surface area contributed by atoms with Gasteiger partial charge in [-0.3, -0.25) is 33.8 Å². The van der Waals surface area contributed by atoms with Gasteiger partial charge in [0.1, 0.15) is 5.75 Å². The lowest BCUT2D eigenvalue weighted by Crippen LogP contribution is -2.74. The number of hydrogen-bond donors (Lipinski definition) is 3. The summed E-state index contributed by atoms with van der Waals surface area (Å²) in [5, 5.41) is 23.0. The summed E-state index contributed by atoms with van der Waals surface area (Å²) in [6.07, 6.45) is 2.26. The van der Waals surface area contributed by atoms with Crippen molar-refractivity contribution >= 4 is 40.6 Å².